The van der Waals surface area contributed by atoms with Gasteiger partial charge in [0.25, 0.3) is 0 Å². The Labute approximate surface area is 106 Å². The molecule has 0 aromatic rings. The summed E-state index contributed by atoms with van der Waals surface area (Å²) in [7, 11) is 0. The number of allylic oxidation sites excluding steroid dienone is 2. The first-order valence-corrected chi connectivity index (χ1v) is 6.82. The van der Waals surface area contributed by atoms with Gasteiger partial charge in [-0.1, -0.05) is 18.6 Å². The summed E-state index contributed by atoms with van der Waals surface area (Å²) in [5, 5.41) is 0. The van der Waals surface area contributed by atoms with Gasteiger partial charge < -0.3 is 9.47 Å². The van der Waals surface area contributed by atoms with E-state index in [-0.39, 0.29) is 0 Å². The summed E-state index contributed by atoms with van der Waals surface area (Å²) < 4.78 is 11.0. The number of ether oxygens (including phenoxy) is 2. The van der Waals surface area contributed by atoms with Gasteiger partial charge in [-0.2, -0.15) is 0 Å². The molecule has 98 valence electrons. The lowest BCUT2D eigenvalue weighted by Crippen LogP contribution is -2.08. The number of rotatable bonds is 6. The van der Waals surface area contributed by atoms with E-state index in [2.05, 4.69) is 0 Å². The molecule has 0 aromatic carbocycles. The Bertz CT molecular complexity index is 209. The Hall–Kier alpha value is -0.920. The first-order chi connectivity index (χ1) is 8.36. The topological polar surface area (TPSA) is 18.5 Å². The van der Waals surface area contributed by atoms with Crippen molar-refractivity contribution in [3.05, 3.63) is 24.7 Å². The van der Waals surface area contributed by atoms with Crippen molar-refractivity contribution in [2.75, 3.05) is 13.2 Å². The molecule has 0 saturated heterocycles. The van der Waals surface area contributed by atoms with Crippen LogP contribution in [0, 0.1) is 11.8 Å². The molecule has 1 aliphatic carbocycles. The minimum absolute atomic E-state index is 0.734. The predicted octanol–water partition coefficient (Wildman–Crippen LogP) is 4.28. The SMILES string of the molecule is CC=COCC1CCCC(COC=CC)CC1. The molecule has 1 saturated carbocycles. The Morgan fingerprint density at radius 1 is 0.824 bits per heavy atom. The third kappa shape index (κ3) is 6.40. The molecule has 0 aromatic heterocycles. The highest BCUT2D eigenvalue weighted by Crippen LogP contribution is 2.27. The van der Waals surface area contributed by atoms with Crippen molar-refractivity contribution >= 4 is 0 Å². The van der Waals surface area contributed by atoms with E-state index in [1.807, 2.05) is 26.0 Å². The zero-order valence-corrected chi connectivity index (χ0v) is 11.2. The van der Waals surface area contributed by atoms with Gasteiger partial charge in [-0.05, 0) is 51.4 Å². The van der Waals surface area contributed by atoms with Crippen LogP contribution in [0.5, 0.6) is 0 Å². The fourth-order valence-corrected chi connectivity index (χ4v) is 2.36. The first-order valence-electron chi connectivity index (χ1n) is 6.82. The van der Waals surface area contributed by atoms with Crippen molar-refractivity contribution in [1.29, 1.82) is 0 Å². The van der Waals surface area contributed by atoms with E-state index in [0.717, 1.165) is 25.0 Å². The Balaban J connectivity index is 2.19. The molecule has 2 heteroatoms. The van der Waals surface area contributed by atoms with Crippen LogP contribution in [0.4, 0.5) is 0 Å². The maximum Gasteiger partial charge on any atom is 0.0901 e. The molecule has 0 spiro atoms. The second-order valence-electron chi connectivity index (χ2n) is 4.85. The van der Waals surface area contributed by atoms with Gasteiger partial charge in [0.15, 0.2) is 0 Å². The molecule has 0 radical (unpaired) electrons. The zero-order chi connectivity index (χ0) is 12.3. The molecule has 2 unspecified atom stereocenters. The van der Waals surface area contributed by atoms with E-state index in [0.29, 0.717) is 0 Å². The Morgan fingerprint density at radius 2 is 1.29 bits per heavy atom. The second kappa shape index (κ2) is 9.15. The highest BCUT2D eigenvalue weighted by molar-refractivity contribution is 4.73. The van der Waals surface area contributed by atoms with Gasteiger partial charge in [-0.25, -0.2) is 0 Å². The lowest BCUT2D eigenvalue weighted by atomic mass is 9.99. The summed E-state index contributed by atoms with van der Waals surface area (Å²) in [5.41, 5.74) is 0. The van der Waals surface area contributed by atoms with Crippen LogP contribution >= 0.6 is 0 Å². The van der Waals surface area contributed by atoms with E-state index in [1.165, 1.54) is 32.1 Å². The minimum Gasteiger partial charge on any atom is -0.501 e. The van der Waals surface area contributed by atoms with Crippen LogP contribution in [0.1, 0.15) is 46.0 Å². The fraction of sp³-hybridized carbons (Fsp3) is 0.733. The zero-order valence-electron chi connectivity index (χ0n) is 11.2. The van der Waals surface area contributed by atoms with E-state index in [1.54, 1.807) is 12.5 Å². The standard InChI is InChI=1S/C15H26O2/c1-3-10-16-12-14-6-5-7-15(9-8-14)13-17-11-4-2/h3-4,10-11,14-15H,5-9,12-13H2,1-2H3. The lowest BCUT2D eigenvalue weighted by molar-refractivity contribution is 0.169. The summed E-state index contributed by atoms with van der Waals surface area (Å²) in [6.45, 7) is 5.74. The maximum atomic E-state index is 5.49. The maximum absolute atomic E-state index is 5.49. The van der Waals surface area contributed by atoms with Gasteiger partial charge in [-0.3, -0.25) is 0 Å². The molecule has 0 heterocycles. The molecular formula is C15H26O2. The molecule has 0 aliphatic heterocycles. The van der Waals surface area contributed by atoms with Crippen LogP contribution in [0.15, 0.2) is 24.7 Å². The summed E-state index contributed by atoms with van der Waals surface area (Å²) in [5.74, 6) is 1.47. The van der Waals surface area contributed by atoms with Crippen LogP contribution in [0.25, 0.3) is 0 Å². The number of hydrogen-bond donors (Lipinski definition) is 0. The Kier molecular flexibility index (Phi) is 7.61. The molecule has 0 amide bonds. The van der Waals surface area contributed by atoms with E-state index in [4.69, 9.17) is 9.47 Å². The van der Waals surface area contributed by atoms with E-state index in [9.17, 15) is 0 Å². The van der Waals surface area contributed by atoms with Gasteiger partial charge in [-0.15, -0.1) is 0 Å². The average Bonchev–Trinajstić information content (AvgIpc) is 2.56. The van der Waals surface area contributed by atoms with Crippen LogP contribution in [-0.2, 0) is 9.47 Å². The van der Waals surface area contributed by atoms with E-state index < -0.39 is 0 Å². The van der Waals surface area contributed by atoms with Crippen molar-refractivity contribution in [3.63, 3.8) is 0 Å². The average molecular weight is 238 g/mol. The number of hydrogen-bond acceptors (Lipinski definition) is 2. The van der Waals surface area contributed by atoms with Gasteiger partial charge in [0.2, 0.25) is 0 Å². The van der Waals surface area contributed by atoms with Crippen LogP contribution in [0.2, 0.25) is 0 Å². The van der Waals surface area contributed by atoms with Gasteiger partial charge in [0, 0.05) is 0 Å². The smallest absolute Gasteiger partial charge is 0.0901 e. The molecule has 1 rings (SSSR count). The predicted molar refractivity (Wildman–Crippen MR) is 71.6 cm³/mol. The molecule has 2 nitrogen and oxygen atoms in total. The molecule has 2 atom stereocenters. The summed E-state index contributed by atoms with van der Waals surface area (Å²) in [6.07, 6.45) is 14.0. The van der Waals surface area contributed by atoms with Crippen LogP contribution < -0.4 is 0 Å². The second-order valence-corrected chi connectivity index (χ2v) is 4.85. The fourth-order valence-electron chi connectivity index (χ4n) is 2.36. The van der Waals surface area contributed by atoms with Crippen molar-refractivity contribution < 1.29 is 9.47 Å². The van der Waals surface area contributed by atoms with Crippen molar-refractivity contribution in [1.82, 2.24) is 0 Å². The highest BCUT2D eigenvalue weighted by atomic mass is 16.5. The Morgan fingerprint density at radius 3 is 1.71 bits per heavy atom. The summed E-state index contributed by atoms with van der Waals surface area (Å²) in [4.78, 5) is 0. The van der Waals surface area contributed by atoms with Crippen LogP contribution in [0.3, 0.4) is 0 Å². The van der Waals surface area contributed by atoms with Crippen LogP contribution in [-0.4, -0.2) is 13.2 Å². The first kappa shape index (κ1) is 14.1. The minimum atomic E-state index is 0.734. The molecule has 0 N–H and O–H groups in total. The summed E-state index contributed by atoms with van der Waals surface area (Å²) >= 11 is 0. The molecule has 1 fully saturated rings. The molecule has 0 bridgehead atoms. The van der Waals surface area contributed by atoms with Gasteiger partial charge >= 0.3 is 0 Å². The third-order valence-corrected chi connectivity index (χ3v) is 3.34. The monoisotopic (exact) mass is 238 g/mol. The van der Waals surface area contributed by atoms with E-state index >= 15 is 0 Å². The molecule has 17 heavy (non-hydrogen) atoms. The van der Waals surface area contributed by atoms with Crippen molar-refractivity contribution in [2.24, 2.45) is 11.8 Å². The normalized spacial score (nSPS) is 26.2. The highest BCUT2D eigenvalue weighted by Gasteiger charge is 2.19. The summed E-state index contributed by atoms with van der Waals surface area (Å²) in [6, 6.07) is 0. The van der Waals surface area contributed by atoms with Crippen molar-refractivity contribution in [2.45, 2.75) is 46.0 Å². The van der Waals surface area contributed by atoms with Crippen molar-refractivity contribution in [3.8, 4) is 0 Å². The molecular weight excluding hydrogens is 212 g/mol. The third-order valence-electron chi connectivity index (χ3n) is 3.34. The van der Waals surface area contributed by atoms with Gasteiger partial charge in [0.05, 0.1) is 25.7 Å². The molecule has 1 aliphatic rings. The van der Waals surface area contributed by atoms with Gasteiger partial charge in [0.1, 0.15) is 0 Å². The lowest BCUT2D eigenvalue weighted by Gasteiger charge is -2.14. The largest absolute Gasteiger partial charge is 0.501 e. The quantitative estimate of drug-likeness (QED) is 0.508.